The Labute approximate surface area is 76.6 Å². The Morgan fingerprint density at radius 3 is 2.31 bits per heavy atom. The molecule has 0 saturated carbocycles. The molecule has 0 aliphatic rings. The van der Waals surface area contributed by atoms with Crippen LogP contribution in [0.3, 0.4) is 0 Å². The van der Waals surface area contributed by atoms with E-state index in [2.05, 4.69) is 0 Å². The lowest BCUT2D eigenvalue weighted by atomic mass is 10.3. The lowest BCUT2D eigenvalue weighted by molar-refractivity contribution is -0.292. The summed E-state index contributed by atoms with van der Waals surface area (Å²) in [6.45, 7) is 1.61. The summed E-state index contributed by atoms with van der Waals surface area (Å²) >= 11 is 0. The third-order valence-electron chi connectivity index (χ3n) is 1.62. The molecule has 0 saturated heterocycles. The highest BCUT2D eigenvalue weighted by Crippen LogP contribution is 2.18. The minimum atomic E-state index is -2.10. The van der Waals surface area contributed by atoms with E-state index in [4.69, 9.17) is 20.7 Å². The molecular weight excluding hydrogens is 170 g/mol. The summed E-state index contributed by atoms with van der Waals surface area (Å²) in [6.07, 6.45) is 0.0946. The van der Waals surface area contributed by atoms with Crippen LogP contribution in [-0.4, -0.2) is 16.2 Å². The van der Waals surface area contributed by atoms with Crippen LogP contribution in [0.5, 0.6) is 5.75 Å². The fourth-order valence-electron chi connectivity index (χ4n) is 0.797. The molecule has 0 bridgehead atoms. The normalized spacial score (nSPS) is 11.3. The first kappa shape index (κ1) is 9.83. The Morgan fingerprint density at radius 1 is 1.31 bits per heavy atom. The molecule has 72 valence electrons. The molecule has 4 heteroatoms. The molecule has 13 heavy (non-hydrogen) atoms. The number of anilines is 1. The second kappa shape index (κ2) is 3.64. The minimum Gasteiger partial charge on any atom is -0.439 e. The molecule has 1 rings (SSSR count). The summed E-state index contributed by atoms with van der Waals surface area (Å²) in [5.74, 6) is -1.73. The summed E-state index contributed by atoms with van der Waals surface area (Å²) in [5.41, 5.74) is 6.04. The summed E-state index contributed by atoms with van der Waals surface area (Å²) < 4.78 is 4.86. The molecular formula is C9H13NO3. The zero-order chi connectivity index (χ0) is 9.90. The molecule has 0 fully saturated rings. The third-order valence-corrected chi connectivity index (χ3v) is 1.62. The fraction of sp³-hybridized carbons (Fsp3) is 0.333. The van der Waals surface area contributed by atoms with E-state index in [1.54, 1.807) is 31.2 Å². The Balaban J connectivity index is 2.69. The van der Waals surface area contributed by atoms with E-state index in [9.17, 15) is 0 Å². The van der Waals surface area contributed by atoms with Crippen molar-refractivity contribution < 1.29 is 14.9 Å². The number of nitrogen functional groups attached to an aromatic ring is 1. The van der Waals surface area contributed by atoms with Gasteiger partial charge >= 0.3 is 5.97 Å². The van der Waals surface area contributed by atoms with Crippen molar-refractivity contribution in [3.63, 3.8) is 0 Å². The predicted molar refractivity (Wildman–Crippen MR) is 48.9 cm³/mol. The van der Waals surface area contributed by atoms with Crippen LogP contribution in [0.2, 0.25) is 0 Å². The van der Waals surface area contributed by atoms with Gasteiger partial charge in [-0.3, -0.25) is 0 Å². The van der Waals surface area contributed by atoms with Crippen LogP contribution < -0.4 is 10.5 Å². The Kier molecular flexibility index (Phi) is 2.75. The highest BCUT2D eigenvalue weighted by molar-refractivity contribution is 5.41. The van der Waals surface area contributed by atoms with Gasteiger partial charge in [0.1, 0.15) is 5.75 Å². The van der Waals surface area contributed by atoms with Gasteiger partial charge in [0.15, 0.2) is 0 Å². The van der Waals surface area contributed by atoms with Crippen LogP contribution >= 0.6 is 0 Å². The van der Waals surface area contributed by atoms with E-state index in [-0.39, 0.29) is 6.42 Å². The van der Waals surface area contributed by atoms with E-state index in [0.29, 0.717) is 11.4 Å². The van der Waals surface area contributed by atoms with Crippen LogP contribution in [0.1, 0.15) is 13.3 Å². The van der Waals surface area contributed by atoms with Crippen molar-refractivity contribution in [1.29, 1.82) is 0 Å². The van der Waals surface area contributed by atoms with Crippen molar-refractivity contribution >= 4 is 5.69 Å². The zero-order valence-corrected chi connectivity index (χ0v) is 7.40. The summed E-state index contributed by atoms with van der Waals surface area (Å²) in [6, 6.07) is 6.40. The SMILES string of the molecule is CCC(O)(O)Oc1ccc(N)cc1. The predicted octanol–water partition coefficient (Wildman–Crippen LogP) is 0.696. The lowest BCUT2D eigenvalue weighted by Gasteiger charge is -2.20. The van der Waals surface area contributed by atoms with Crippen molar-refractivity contribution in [2.24, 2.45) is 0 Å². The summed E-state index contributed by atoms with van der Waals surface area (Å²) in [5, 5.41) is 18.3. The van der Waals surface area contributed by atoms with E-state index in [1.165, 1.54) is 0 Å². The largest absolute Gasteiger partial charge is 0.439 e. The number of aliphatic hydroxyl groups is 2. The monoisotopic (exact) mass is 183 g/mol. The lowest BCUT2D eigenvalue weighted by Crippen LogP contribution is -2.34. The number of nitrogens with two attached hydrogens (primary N) is 1. The number of benzene rings is 1. The van der Waals surface area contributed by atoms with Gasteiger partial charge in [-0.15, -0.1) is 0 Å². The van der Waals surface area contributed by atoms with Gasteiger partial charge in [0, 0.05) is 12.1 Å². The first-order valence-corrected chi connectivity index (χ1v) is 4.03. The smallest absolute Gasteiger partial charge is 0.321 e. The van der Waals surface area contributed by atoms with Crippen LogP contribution in [0.4, 0.5) is 5.69 Å². The summed E-state index contributed by atoms with van der Waals surface area (Å²) in [7, 11) is 0. The van der Waals surface area contributed by atoms with Crippen LogP contribution in [0.15, 0.2) is 24.3 Å². The van der Waals surface area contributed by atoms with Crippen LogP contribution in [0, 0.1) is 0 Å². The molecule has 1 aromatic carbocycles. The van der Waals surface area contributed by atoms with Gasteiger partial charge in [-0.25, -0.2) is 0 Å². The van der Waals surface area contributed by atoms with Gasteiger partial charge in [-0.05, 0) is 24.3 Å². The van der Waals surface area contributed by atoms with E-state index < -0.39 is 5.97 Å². The molecule has 0 aliphatic heterocycles. The first-order valence-electron chi connectivity index (χ1n) is 4.03. The Morgan fingerprint density at radius 2 is 1.85 bits per heavy atom. The van der Waals surface area contributed by atoms with Gasteiger partial charge in [0.05, 0.1) is 0 Å². The molecule has 0 spiro atoms. The second-order valence-corrected chi connectivity index (χ2v) is 2.77. The maximum atomic E-state index is 9.15. The van der Waals surface area contributed by atoms with Crippen molar-refractivity contribution in [1.82, 2.24) is 0 Å². The minimum absolute atomic E-state index is 0.0946. The molecule has 0 heterocycles. The molecule has 0 aromatic heterocycles. The van der Waals surface area contributed by atoms with Gasteiger partial charge in [-0.2, -0.15) is 0 Å². The zero-order valence-electron chi connectivity index (χ0n) is 7.40. The molecule has 0 atom stereocenters. The Bertz CT molecular complexity index is 269. The second-order valence-electron chi connectivity index (χ2n) is 2.77. The summed E-state index contributed by atoms with van der Waals surface area (Å²) in [4.78, 5) is 0. The number of hydrogen-bond donors (Lipinski definition) is 3. The highest BCUT2D eigenvalue weighted by Gasteiger charge is 2.22. The molecule has 0 unspecified atom stereocenters. The topological polar surface area (TPSA) is 75.7 Å². The molecule has 0 amide bonds. The number of ether oxygens (including phenoxy) is 1. The average Bonchev–Trinajstić information content (AvgIpc) is 2.09. The molecule has 4 nitrogen and oxygen atoms in total. The van der Waals surface area contributed by atoms with Gasteiger partial charge in [0.25, 0.3) is 0 Å². The molecule has 0 aliphatic carbocycles. The van der Waals surface area contributed by atoms with Gasteiger partial charge in [0.2, 0.25) is 0 Å². The van der Waals surface area contributed by atoms with Crippen LogP contribution in [-0.2, 0) is 0 Å². The third kappa shape index (κ3) is 2.93. The Hall–Kier alpha value is -1.26. The van der Waals surface area contributed by atoms with Gasteiger partial charge in [-0.1, -0.05) is 6.92 Å². The van der Waals surface area contributed by atoms with Crippen molar-refractivity contribution in [2.45, 2.75) is 19.3 Å². The fourth-order valence-corrected chi connectivity index (χ4v) is 0.797. The van der Waals surface area contributed by atoms with Crippen LogP contribution in [0.25, 0.3) is 0 Å². The molecule has 0 radical (unpaired) electrons. The van der Waals surface area contributed by atoms with Crippen molar-refractivity contribution in [3.8, 4) is 5.75 Å². The van der Waals surface area contributed by atoms with E-state index in [1.807, 2.05) is 0 Å². The maximum Gasteiger partial charge on any atom is 0.321 e. The maximum absolute atomic E-state index is 9.15. The quantitative estimate of drug-likeness (QED) is 0.476. The van der Waals surface area contributed by atoms with Crippen molar-refractivity contribution in [3.05, 3.63) is 24.3 Å². The number of hydrogen-bond acceptors (Lipinski definition) is 4. The van der Waals surface area contributed by atoms with Gasteiger partial charge < -0.3 is 20.7 Å². The van der Waals surface area contributed by atoms with Crippen molar-refractivity contribution in [2.75, 3.05) is 5.73 Å². The van der Waals surface area contributed by atoms with E-state index >= 15 is 0 Å². The number of rotatable bonds is 3. The standard InChI is InChI=1S/C9H13NO3/c1-2-9(11,12)13-8-5-3-7(10)4-6-8/h3-6,11-12H,2,10H2,1H3. The first-order chi connectivity index (χ1) is 6.03. The highest BCUT2D eigenvalue weighted by atomic mass is 16.8. The van der Waals surface area contributed by atoms with E-state index in [0.717, 1.165) is 0 Å². The average molecular weight is 183 g/mol. The molecule has 4 N–H and O–H groups in total. The molecule has 1 aromatic rings.